The molecule has 1 aromatic rings. The number of benzene rings is 1. The standard InChI is InChI=1S/C11H9NO3/c1-11-8(15-11)9(13)12(10(11)14)7-5-3-2-4-6-7/h2-6,8H,1H3. The highest BCUT2D eigenvalue weighted by Crippen LogP contribution is 2.46. The van der Waals surface area contributed by atoms with Crippen LogP contribution >= 0.6 is 0 Å². The topological polar surface area (TPSA) is 49.9 Å². The lowest BCUT2D eigenvalue weighted by molar-refractivity contribution is -0.128. The van der Waals surface area contributed by atoms with E-state index in [9.17, 15) is 9.59 Å². The summed E-state index contributed by atoms with van der Waals surface area (Å²) in [5.41, 5.74) is -0.281. The van der Waals surface area contributed by atoms with Gasteiger partial charge in [0.1, 0.15) is 0 Å². The highest BCUT2D eigenvalue weighted by Gasteiger charge is 2.71. The molecule has 15 heavy (non-hydrogen) atoms. The maximum absolute atomic E-state index is 11.9. The maximum atomic E-state index is 11.9. The van der Waals surface area contributed by atoms with Crippen molar-refractivity contribution in [1.82, 2.24) is 0 Å². The largest absolute Gasteiger partial charge is 0.345 e. The summed E-state index contributed by atoms with van der Waals surface area (Å²) in [6, 6.07) is 8.91. The number of fused-ring (bicyclic) bond motifs is 1. The Bertz CT molecular complexity index is 456. The van der Waals surface area contributed by atoms with Crippen LogP contribution in [0.25, 0.3) is 0 Å². The third-order valence-corrected chi connectivity index (χ3v) is 2.89. The number of hydrogen-bond donors (Lipinski definition) is 0. The van der Waals surface area contributed by atoms with Crippen molar-refractivity contribution in [2.75, 3.05) is 4.90 Å². The molecule has 0 spiro atoms. The Hall–Kier alpha value is -1.68. The molecular weight excluding hydrogens is 194 g/mol. The van der Waals surface area contributed by atoms with Crippen molar-refractivity contribution in [2.24, 2.45) is 0 Å². The summed E-state index contributed by atoms with van der Waals surface area (Å²) in [6.45, 7) is 1.65. The number of amides is 2. The van der Waals surface area contributed by atoms with Gasteiger partial charge in [-0.05, 0) is 19.1 Å². The summed E-state index contributed by atoms with van der Waals surface area (Å²) in [6.07, 6.45) is -0.565. The number of para-hydroxylation sites is 1. The van der Waals surface area contributed by atoms with Crippen LogP contribution in [0.1, 0.15) is 6.92 Å². The first kappa shape index (κ1) is 8.61. The molecular formula is C11H9NO3. The van der Waals surface area contributed by atoms with Gasteiger partial charge in [-0.15, -0.1) is 0 Å². The van der Waals surface area contributed by atoms with Gasteiger partial charge in [0.05, 0.1) is 5.69 Å². The van der Waals surface area contributed by atoms with Crippen molar-refractivity contribution in [1.29, 1.82) is 0 Å². The number of imide groups is 1. The normalized spacial score (nSPS) is 33.1. The molecule has 2 aliphatic rings. The van der Waals surface area contributed by atoms with E-state index in [0.29, 0.717) is 5.69 Å². The van der Waals surface area contributed by atoms with E-state index in [2.05, 4.69) is 0 Å². The van der Waals surface area contributed by atoms with Gasteiger partial charge in [0.15, 0.2) is 11.7 Å². The average Bonchev–Trinajstić information content (AvgIpc) is 2.89. The summed E-state index contributed by atoms with van der Waals surface area (Å²) in [4.78, 5) is 24.8. The summed E-state index contributed by atoms with van der Waals surface area (Å²) in [5, 5.41) is 0. The Morgan fingerprint density at radius 2 is 1.93 bits per heavy atom. The number of hydrogen-bond acceptors (Lipinski definition) is 3. The maximum Gasteiger partial charge on any atom is 0.269 e. The number of anilines is 1. The second-order valence-corrected chi connectivity index (χ2v) is 3.92. The first-order valence-corrected chi connectivity index (χ1v) is 4.76. The number of carbonyl (C=O) groups excluding carboxylic acids is 2. The van der Waals surface area contributed by atoms with Gasteiger partial charge in [-0.1, -0.05) is 18.2 Å². The summed E-state index contributed by atoms with van der Waals surface area (Å²) >= 11 is 0. The fraction of sp³-hybridized carbons (Fsp3) is 0.273. The van der Waals surface area contributed by atoms with E-state index in [4.69, 9.17) is 4.74 Å². The van der Waals surface area contributed by atoms with Crippen LogP contribution in [0, 0.1) is 0 Å². The van der Waals surface area contributed by atoms with E-state index < -0.39 is 11.7 Å². The molecule has 0 bridgehead atoms. The zero-order chi connectivity index (χ0) is 10.6. The number of morpholine rings is 1. The van der Waals surface area contributed by atoms with E-state index in [1.807, 2.05) is 6.07 Å². The number of ether oxygens (including phenoxy) is 1. The molecule has 0 aliphatic carbocycles. The van der Waals surface area contributed by atoms with Gasteiger partial charge in [-0.3, -0.25) is 9.59 Å². The Labute approximate surface area is 86.4 Å². The summed E-state index contributed by atoms with van der Waals surface area (Å²) in [7, 11) is 0. The van der Waals surface area contributed by atoms with Crippen LogP contribution in [0.2, 0.25) is 0 Å². The van der Waals surface area contributed by atoms with E-state index >= 15 is 0 Å². The van der Waals surface area contributed by atoms with Crippen molar-refractivity contribution in [3.05, 3.63) is 30.3 Å². The van der Waals surface area contributed by atoms with Gasteiger partial charge in [-0.2, -0.15) is 0 Å². The van der Waals surface area contributed by atoms with Crippen molar-refractivity contribution in [2.45, 2.75) is 18.6 Å². The van der Waals surface area contributed by atoms with E-state index in [-0.39, 0.29) is 11.8 Å². The van der Waals surface area contributed by atoms with Gasteiger partial charge >= 0.3 is 0 Å². The Kier molecular flexibility index (Phi) is 1.41. The third kappa shape index (κ3) is 0.942. The molecule has 2 saturated heterocycles. The second-order valence-electron chi connectivity index (χ2n) is 3.92. The molecule has 2 amide bonds. The van der Waals surface area contributed by atoms with Gasteiger partial charge in [0.2, 0.25) is 0 Å². The Morgan fingerprint density at radius 3 is 2.47 bits per heavy atom. The van der Waals surface area contributed by atoms with Gasteiger partial charge in [-0.25, -0.2) is 4.90 Å². The molecule has 0 radical (unpaired) electrons. The SMILES string of the molecule is CC12OC1C(=O)N(c1ccccc1)C2=O. The highest BCUT2D eigenvalue weighted by atomic mass is 16.6. The smallest absolute Gasteiger partial charge is 0.269 e. The Balaban J connectivity index is 2.03. The number of nitrogens with zero attached hydrogens (tertiary/aromatic N) is 1. The van der Waals surface area contributed by atoms with Crippen molar-refractivity contribution in [3.8, 4) is 0 Å². The van der Waals surface area contributed by atoms with Crippen molar-refractivity contribution >= 4 is 17.5 Å². The Morgan fingerprint density at radius 1 is 1.27 bits per heavy atom. The van der Waals surface area contributed by atoms with Gasteiger partial charge in [0, 0.05) is 0 Å². The van der Waals surface area contributed by atoms with Crippen LogP contribution in [0.15, 0.2) is 30.3 Å². The molecule has 2 heterocycles. The molecule has 4 nitrogen and oxygen atoms in total. The van der Waals surface area contributed by atoms with Crippen LogP contribution in [0.4, 0.5) is 5.69 Å². The zero-order valence-electron chi connectivity index (χ0n) is 8.14. The van der Waals surface area contributed by atoms with Crippen molar-refractivity contribution in [3.63, 3.8) is 0 Å². The quantitative estimate of drug-likeness (QED) is 0.499. The number of epoxide rings is 1. The third-order valence-electron chi connectivity index (χ3n) is 2.89. The first-order chi connectivity index (χ1) is 7.14. The molecule has 2 aliphatic heterocycles. The molecule has 2 fully saturated rings. The molecule has 2 atom stereocenters. The van der Waals surface area contributed by atoms with Gasteiger partial charge < -0.3 is 4.74 Å². The molecule has 0 aromatic heterocycles. The van der Waals surface area contributed by atoms with Gasteiger partial charge in [0.25, 0.3) is 11.8 Å². The second kappa shape index (κ2) is 2.46. The predicted molar refractivity (Wildman–Crippen MR) is 52.2 cm³/mol. The fourth-order valence-electron chi connectivity index (χ4n) is 1.92. The van der Waals surface area contributed by atoms with E-state index in [0.717, 1.165) is 0 Å². The van der Waals surface area contributed by atoms with Crippen LogP contribution in [0.5, 0.6) is 0 Å². The molecule has 0 saturated carbocycles. The van der Waals surface area contributed by atoms with Crippen LogP contribution in [-0.4, -0.2) is 23.5 Å². The minimum atomic E-state index is -0.896. The minimum Gasteiger partial charge on any atom is -0.345 e. The van der Waals surface area contributed by atoms with Crippen LogP contribution in [-0.2, 0) is 14.3 Å². The molecule has 0 N–H and O–H groups in total. The minimum absolute atomic E-state index is 0.256. The predicted octanol–water partition coefficient (Wildman–Crippen LogP) is 0.717. The fourth-order valence-corrected chi connectivity index (χ4v) is 1.92. The lowest BCUT2D eigenvalue weighted by Gasteiger charge is -2.16. The molecule has 2 unspecified atom stereocenters. The lowest BCUT2D eigenvalue weighted by Crippen LogP contribution is -2.36. The molecule has 76 valence electrons. The zero-order valence-corrected chi connectivity index (χ0v) is 8.14. The van der Waals surface area contributed by atoms with E-state index in [1.54, 1.807) is 31.2 Å². The van der Waals surface area contributed by atoms with Crippen LogP contribution < -0.4 is 4.90 Å². The van der Waals surface area contributed by atoms with Crippen LogP contribution in [0.3, 0.4) is 0 Å². The van der Waals surface area contributed by atoms with E-state index in [1.165, 1.54) is 4.90 Å². The lowest BCUT2D eigenvalue weighted by atomic mass is 10.1. The number of carbonyl (C=O) groups is 2. The number of rotatable bonds is 1. The molecule has 4 heteroatoms. The highest BCUT2D eigenvalue weighted by molar-refractivity contribution is 6.28. The summed E-state index contributed by atoms with van der Waals surface area (Å²) in [5.74, 6) is -0.516. The summed E-state index contributed by atoms with van der Waals surface area (Å²) < 4.78 is 5.08. The molecule has 3 rings (SSSR count). The van der Waals surface area contributed by atoms with Crippen molar-refractivity contribution < 1.29 is 14.3 Å². The molecule has 1 aromatic carbocycles. The first-order valence-electron chi connectivity index (χ1n) is 4.76. The monoisotopic (exact) mass is 203 g/mol. The average molecular weight is 203 g/mol.